The van der Waals surface area contributed by atoms with Crippen molar-refractivity contribution in [3.63, 3.8) is 0 Å². The molecule has 2 aromatic rings. The van der Waals surface area contributed by atoms with E-state index in [1.165, 1.54) is 16.9 Å². The fourth-order valence-electron chi connectivity index (χ4n) is 2.70. The van der Waals surface area contributed by atoms with Crippen LogP contribution in [0.25, 0.3) is 0 Å². The zero-order chi connectivity index (χ0) is 18.7. The Bertz CT molecular complexity index is 786. The fraction of sp³-hybridized carbons (Fsp3) is 0.444. The molecule has 0 aliphatic heterocycles. The maximum Gasteiger partial charge on any atom is 0.320 e. The second-order valence-corrected chi connectivity index (χ2v) is 7.49. The van der Waals surface area contributed by atoms with Gasteiger partial charge in [-0.25, -0.2) is 0 Å². The second kappa shape index (κ2) is 7.92. The van der Waals surface area contributed by atoms with Crippen molar-refractivity contribution in [2.45, 2.75) is 51.7 Å². The van der Waals surface area contributed by atoms with Crippen LogP contribution >= 0.6 is 11.3 Å². The smallest absolute Gasteiger partial charge is 0.320 e. The molecular formula is C18H22N4O3S. The Morgan fingerprint density at radius 1 is 1.31 bits per heavy atom. The van der Waals surface area contributed by atoms with E-state index in [0.717, 1.165) is 19.3 Å². The van der Waals surface area contributed by atoms with Crippen molar-refractivity contribution in [3.05, 3.63) is 39.8 Å². The molecule has 1 aromatic carbocycles. The molecule has 0 spiro atoms. The molecule has 1 heterocycles. The van der Waals surface area contributed by atoms with E-state index in [1.807, 2.05) is 29.2 Å². The number of carboxylic acid groups (broad SMARTS) is 1. The number of benzene rings is 1. The minimum absolute atomic E-state index is 0.276. The number of aromatic nitrogens is 2. The monoisotopic (exact) mass is 374 g/mol. The lowest BCUT2D eigenvalue weighted by Gasteiger charge is -2.24. The number of carboxylic acids is 1. The molecule has 0 saturated heterocycles. The zero-order valence-electron chi connectivity index (χ0n) is 14.8. The van der Waals surface area contributed by atoms with E-state index in [9.17, 15) is 14.7 Å². The van der Waals surface area contributed by atoms with Gasteiger partial charge in [0.05, 0.1) is 6.54 Å². The lowest BCUT2D eigenvalue weighted by molar-refractivity contribution is -0.143. The van der Waals surface area contributed by atoms with Crippen LogP contribution in [0.15, 0.2) is 24.3 Å². The molecule has 1 aliphatic rings. The maximum absolute atomic E-state index is 12.3. The van der Waals surface area contributed by atoms with Crippen molar-refractivity contribution in [1.29, 1.82) is 0 Å². The van der Waals surface area contributed by atoms with Crippen LogP contribution in [-0.2, 0) is 17.8 Å². The Balaban J connectivity index is 1.64. The second-order valence-electron chi connectivity index (χ2n) is 6.42. The lowest BCUT2D eigenvalue weighted by Crippen LogP contribution is -2.39. The van der Waals surface area contributed by atoms with Crippen molar-refractivity contribution in [1.82, 2.24) is 15.1 Å². The molecule has 0 radical (unpaired) electrons. The van der Waals surface area contributed by atoms with Crippen LogP contribution in [-0.4, -0.2) is 44.2 Å². The minimum Gasteiger partial charge on any atom is -0.480 e. The molecule has 1 saturated carbocycles. The SMILES string of the molecule is CCc1ccc(NC(=O)c2nnc(CN(C3CC3)C(C)C(=O)O)s2)cc1. The highest BCUT2D eigenvalue weighted by Gasteiger charge is 2.35. The summed E-state index contributed by atoms with van der Waals surface area (Å²) in [4.78, 5) is 25.5. The van der Waals surface area contributed by atoms with Gasteiger partial charge in [-0.3, -0.25) is 14.5 Å². The fourth-order valence-corrected chi connectivity index (χ4v) is 3.45. The predicted molar refractivity (Wildman–Crippen MR) is 99.3 cm³/mol. The van der Waals surface area contributed by atoms with Crippen molar-refractivity contribution < 1.29 is 14.7 Å². The summed E-state index contributed by atoms with van der Waals surface area (Å²) in [6, 6.07) is 7.37. The number of aryl methyl sites for hydroxylation is 1. The van der Waals surface area contributed by atoms with Crippen LogP contribution in [0.5, 0.6) is 0 Å². The summed E-state index contributed by atoms with van der Waals surface area (Å²) in [5.41, 5.74) is 1.91. The molecule has 7 nitrogen and oxygen atoms in total. The topological polar surface area (TPSA) is 95.4 Å². The number of carbonyl (C=O) groups excluding carboxylic acids is 1. The van der Waals surface area contributed by atoms with Crippen molar-refractivity contribution in [2.75, 3.05) is 5.32 Å². The minimum atomic E-state index is -0.852. The van der Waals surface area contributed by atoms with E-state index in [4.69, 9.17) is 0 Å². The zero-order valence-corrected chi connectivity index (χ0v) is 15.6. The van der Waals surface area contributed by atoms with Gasteiger partial charge in [-0.1, -0.05) is 30.4 Å². The van der Waals surface area contributed by atoms with Crippen LogP contribution < -0.4 is 5.32 Å². The molecule has 26 heavy (non-hydrogen) atoms. The Labute approximate surface area is 156 Å². The number of hydrogen-bond donors (Lipinski definition) is 2. The van der Waals surface area contributed by atoms with E-state index in [1.54, 1.807) is 6.92 Å². The highest BCUT2D eigenvalue weighted by Crippen LogP contribution is 2.30. The van der Waals surface area contributed by atoms with Crippen molar-refractivity contribution in [2.24, 2.45) is 0 Å². The van der Waals surface area contributed by atoms with Gasteiger partial charge in [0.2, 0.25) is 5.01 Å². The molecule has 1 aliphatic carbocycles. The van der Waals surface area contributed by atoms with E-state index in [2.05, 4.69) is 22.4 Å². The van der Waals surface area contributed by atoms with Crippen molar-refractivity contribution in [3.8, 4) is 0 Å². The molecular weight excluding hydrogens is 352 g/mol. The van der Waals surface area contributed by atoms with E-state index < -0.39 is 12.0 Å². The standard InChI is InChI=1S/C18H22N4O3S/c1-3-12-4-6-13(7-5-12)19-16(23)17-21-20-15(26-17)10-22(14-8-9-14)11(2)18(24)25/h4-7,11,14H,3,8-10H2,1-2H3,(H,19,23)(H,24,25). The largest absolute Gasteiger partial charge is 0.480 e. The first kappa shape index (κ1) is 18.5. The van der Waals surface area contributed by atoms with Crippen LogP contribution in [0.4, 0.5) is 5.69 Å². The molecule has 1 amide bonds. The lowest BCUT2D eigenvalue weighted by atomic mass is 10.1. The molecule has 1 aromatic heterocycles. The van der Waals surface area contributed by atoms with E-state index in [-0.39, 0.29) is 17.0 Å². The molecule has 0 bridgehead atoms. The van der Waals surface area contributed by atoms with Crippen molar-refractivity contribution >= 4 is 28.9 Å². The average Bonchev–Trinajstić information content (AvgIpc) is 3.37. The van der Waals surface area contributed by atoms with Gasteiger partial charge < -0.3 is 10.4 Å². The van der Waals surface area contributed by atoms with Crippen LogP contribution in [0, 0.1) is 0 Å². The van der Waals surface area contributed by atoms with Crippen LogP contribution in [0.1, 0.15) is 47.1 Å². The highest BCUT2D eigenvalue weighted by atomic mass is 32.1. The normalized spacial score (nSPS) is 15.0. The van der Waals surface area contributed by atoms with Gasteiger partial charge in [0.1, 0.15) is 11.0 Å². The number of amides is 1. The molecule has 138 valence electrons. The van der Waals surface area contributed by atoms with E-state index >= 15 is 0 Å². The summed E-state index contributed by atoms with van der Waals surface area (Å²) in [6.07, 6.45) is 2.94. The van der Waals surface area contributed by atoms with Gasteiger partial charge in [0.15, 0.2) is 0 Å². The summed E-state index contributed by atoms with van der Waals surface area (Å²) < 4.78 is 0. The predicted octanol–water partition coefficient (Wildman–Crippen LogP) is 2.79. The van der Waals surface area contributed by atoms with Gasteiger partial charge in [-0.05, 0) is 43.9 Å². The average molecular weight is 374 g/mol. The number of hydrogen-bond acceptors (Lipinski definition) is 6. The third-order valence-electron chi connectivity index (χ3n) is 4.47. The van der Waals surface area contributed by atoms with Gasteiger partial charge >= 0.3 is 5.97 Å². The van der Waals surface area contributed by atoms with Gasteiger partial charge in [-0.15, -0.1) is 10.2 Å². The van der Waals surface area contributed by atoms with Gasteiger partial charge in [0, 0.05) is 11.7 Å². The number of aliphatic carboxylic acids is 1. The number of nitrogens with one attached hydrogen (secondary N) is 1. The third kappa shape index (κ3) is 4.44. The molecule has 8 heteroatoms. The number of nitrogens with zero attached hydrogens (tertiary/aromatic N) is 3. The third-order valence-corrected chi connectivity index (χ3v) is 5.38. The first-order valence-corrected chi connectivity index (χ1v) is 9.50. The highest BCUT2D eigenvalue weighted by molar-refractivity contribution is 7.13. The summed E-state index contributed by atoms with van der Waals surface area (Å²) in [5, 5.41) is 21.0. The molecule has 1 unspecified atom stereocenters. The molecule has 1 fully saturated rings. The Morgan fingerprint density at radius 2 is 2.00 bits per heavy atom. The van der Waals surface area contributed by atoms with Gasteiger partial charge in [0.25, 0.3) is 5.91 Å². The first-order valence-electron chi connectivity index (χ1n) is 8.69. The summed E-state index contributed by atoms with van der Waals surface area (Å²) in [7, 11) is 0. The number of rotatable bonds is 8. The summed E-state index contributed by atoms with van der Waals surface area (Å²) >= 11 is 1.20. The molecule has 1 atom stereocenters. The number of anilines is 1. The molecule has 3 rings (SSSR count). The van der Waals surface area contributed by atoms with Gasteiger partial charge in [-0.2, -0.15) is 0 Å². The van der Waals surface area contributed by atoms with Crippen LogP contribution in [0.3, 0.4) is 0 Å². The first-order chi connectivity index (χ1) is 12.5. The number of carbonyl (C=O) groups is 2. The Hall–Kier alpha value is -2.32. The summed E-state index contributed by atoms with van der Waals surface area (Å²) in [5.74, 6) is -1.16. The van der Waals surface area contributed by atoms with Crippen LogP contribution in [0.2, 0.25) is 0 Å². The summed E-state index contributed by atoms with van der Waals surface area (Å²) in [6.45, 7) is 4.15. The Kier molecular flexibility index (Phi) is 5.63. The Morgan fingerprint density at radius 3 is 2.58 bits per heavy atom. The maximum atomic E-state index is 12.3. The quantitative estimate of drug-likeness (QED) is 0.738. The van der Waals surface area contributed by atoms with E-state index in [0.29, 0.717) is 17.2 Å². The molecule has 2 N–H and O–H groups in total.